The summed E-state index contributed by atoms with van der Waals surface area (Å²) < 4.78 is 0. The lowest BCUT2D eigenvalue weighted by Crippen LogP contribution is -2.30. The van der Waals surface area contributed by atoms with Crippen molar-refractivity contribution in [3.8, 4) is 0 Å². The van der Waals surface area contributed by atoms with Gasteiger partial charge in [0.15, 0.2) is 0 Å². The lowest BCUT2D eigenvalue weighted by Gasteiger charge is -2.06. The number of aliphatic hydroxyl groups excluding tert-OH is 1. The van der Waals surface area contributed by atoms with E-state index in [9.17, 15) is 4.79 Å². The topological polar surface area (TPSA) is 75.3 Å². The molecule has 82 valence electrons. The van der Waals surface area contributed by atoms with Crippen LogP contribution in [0, 0.1) is 6.92 Å². The Kier molecular flexibility index (Phi) is 4.12. The van der Waals surface area contributed by atoms with Gasteiger partial charge in [0.1, 0.15) is 0 Å². The Hall–Kier alpha value is -1.55. The molecule has 0 saturated carbocycles. The summed E-state index contributed by atoms with van der Waals surface area (Å²) in [7, 11) is 0. The molecule has 4 heteroatoms. The second-order valence-corrected chi connectivity index (χ2v) is 3.46. The van der Waals surface area contributed by atoms with E-state index in [2.05, 4.69) is 5.32 Å². The number of benzene rings is 1. The van der Waals surface area contributed by atoms with Crippen molar-refractivity contribution in [1.29, 1.82) is 0 Å². The van der Waals surface area contributed by atoms with Gasteiger partial charge in [0, 0.05) is 6.54 Å². The van der Waals surface area contributed by atoms with Gasteiger partial charge in [-0.15, -0.1) is 0 Å². The summed E-state index contributed by atoms with van der Waals surface area (Å²) in [5.74, 6) is 0. The average Bonchev–Trinajstić information content (AvgIpc) is 2.17. The van der Waals surface area contributed by atoms with Crippen molar-refractivity contribution in [3.05, 3.63) is 34.9 Å². The largest absolute Gasteiger partial charge is 0.392 e. The summed E-state index contributed by atoms with van der Waals surface area (Å²) in [5.41, 5.74) is 8.07. The van der Waals surface area contributed by atoms with Gasteiger partial charge in [-0.1, -0.05) is 18.2 Å². The van der Waals surface area contributed by atoms with E-state index in [1.165, 1.54) is 0 Å². The second-order valence-electron chi connectivity index (χ2n) is 3.46. The summed E-state index contributed by atoms with van der Waals surface area (Å²) in [6.45, 7) is 2.55. The molecule has 0 atom stereocenters. The van der Waals surface area contributed by atoms with Crippen LogP contribution in [0.2, 0.25) is 0 Å². The van der Waals surface area contributed by atoms with E-state index in [1.807, 2.05) is 25.1 Å². The third kappa shape index (κ3) is 3.59. The normalized spacial score (nSPS) is 10.0. The maximum Gasteiger partial charge on any atom is 0.312 e. The third-order valence-corrected chi connectivity index (χ3v) is 2.29. The number of carbonyl (C=O) groups is 1. The van der Waals surface area contributed by atoms with Gasteiger partial charge in [-0.05, 0) is 30.0 Å². The summed E-state index contributed by atoms with van der Waals surface area (Å²) in [6.07, 6.45) is 0.746. The van der Waals surface area contributed by atoms with Gasteiger partial charge in [0.25, 0.3) is 0 Å². The zero-order valence-corrected chi connectivity index (χ0v) is 8.79. The van der Waals surface area contributed by atoms with E-state index in [1.54, 1.807) is 0 Å². The number of nitrogens with two attached hydrogens (primary N) is 1. The molecule has 0 unspecified atom stereocenters. The molecular formula is C11H16N2O2. The molecule has 1 aromatic rings. The third-order valence-electron chi connectivity index (χ3n) is 2.29. The SMILES string of the molecule is Cc1cc(CCNC(N)=O)ccc1CO. The highest BCUT2D eigenvalue weighted by Crippen LogP contribution is 2.11. The first-order chi connectivity index (χ1) is 7.13. The number of aryl methyl sites for hydroxylation is 1. The Morgan fingerprint density at radius 3 is 2.80 bits per heavy atom. The smallest absolute Gasteiger partial charge is 0.312 e. The number of urea groups is 1. The standard InChI is InChI=1S/C11H16N2O2/c1-8-6-9(2-3-10(8)7-14)4-5-13-11(12)15/h2-3,6,14H,4-5,7H2,1H3,(H3,12,13,15). The minimum absolute atomic E-state index is 0.0612. The number of carbonyl (C=O) groups excluding carboxylic acids is 1. The van der Waals surface area contributed by atoms with Crippen LogP contribution in [0.4, 0.5) is 4.79 Å². The molecule has 4 N–H and O–H groups in total. The molecule has 0 saturated heterocycles. The molecule has 0 aliphatic heterocycles. The molecule has 1 rings (SSSR count). The van der Waals surface area contributed by atoms with Gasteiger partial charge in [-0.2, -0.15) is 0 Å². The van der Waals surface area contributed by atoms with E-state index in [0.717, 1.165) is 23.1 Å². The molecule has 0 aromatic heterocycles. The van der Waals surface area contributed by atoms with Crippen LogP contribution < -0.4 is 11.1 Å². The van der Waals surface area contributed by atoms with Gasteiger partial charge < -0.3 is 16.2 Å². The molecule has 1 aromatic carbocycles. The molecule has 0 aliphatic rings. The van der Waals surface area contributed by atoms with Crippen molar-refractivity contribution in [2.75, 3.05) is 6.54 Å². The van der Waals surface area contributed by atoms with Crippen molar-refractivity contribution in [1.82, 2.24) is 5.32 Å². The van der Waals surface area contributed by atoms with Crippen LogP contribution in [0.3, 0.4) is 0 Å². The number of hydrogen-bond acceptors (Lipinski definition) is 2. The lowest BCUT2D eigenvalue weighted by atomic mass is 10.0. The predicted octanol–water partition coefficient (Wildman–Crippen LogP) is 0.698. The number of aliphatic hydroxyl groups is 1. The Labute approximate surface area is 89.1 Å². The number of hydrogen-bond donors (Lipinski definition) is 3. The minimum Gasteiger partial charge on any atom is -0.392 e. The van der Waals surface area contributed by atoms with Crippen molar-refractivity contribution in [3.63, 3.8) is 0 Å². The Morgan fingerprint density at radius 2 is 2.27 bits per heavy atom. The molecule has 0 aliphatic carbocycles. The zero-order chi connectivity index (χ0) is 11.3. The van der Waals surface area contributed by atoms with Gasteiger partial charge in [0.05, 0.1) is 6.61 Å². The fourth-order valence-corrected chi connectivity index (χ4v) is 1.42. The summed E-state index contributed by atoms with van der Waals surface area (Å²) in [5, 5.41) is 11.5. The first-order valence-corrected chi connectivity index (χ1v) is 4.86. The maximum absolute atomic E-state index is 10.4. The van der Waals surface area contributed by atoms with Crippen LogP contribution >= 0.6 is 0 Å². The van der Waals surface area contributed by atoms with Gasteiger partial charge >= 0.3 is 6.03 Å². The Balaban J connectivity index is 2.55. The molecular weight excluding hydrogens is 192 g/mol. The number of amides is 2. The second kappa shape index (κ2) is 5.36. The fraction of sp³-hybridized carbons (Fsp3) is 0.364. The Morgan fingerprint density at radius 1 is 1.53 bits per heavy atom. The molecule has 2 amide bonds. The summed E-state index contributed by atoms with van der Waals surface area (Å²) in [4.78, 5) is 10.4. The molecule has 0 bridgehead atoms. The number of nitrogens with one attached hydrogen (secondary N) is 1. The molecule has 0 heterocycles. The predicted molar refractivity (Wildman–Crippen MR) is 58.4 cm³/mol. The van der Waals surface area contributed by atoms with Crippen molar-refractivity contribution < 1.29 is 9.90 Å². The van der Waals surface area contributed by atoms with Crippen LogP contribution in [0.5, 0.6) is 0 Å². The number of primary amides is 1. The van der Waals surface area contributed by atoms with Crippen LogP contribution in [-0.2, 0) is 13.0 Å². The van der Waals surface area contributed by atoms with E-state index in [4.69, 9.17) is 10.8 Å². The van der Waals surface area contributed by atoms with E-state index >= 15 is 0 Å². The molecule has 4 nitrogen and oxygen atoms in total. The minimum atomic E-state index is -0.501. The highest BCUT2D eigenvalue weighted by atomic mass is 16.3. The summed E-state index contributed by atoms with van der Waals surface area (Å²) >= 11 is 0. The van der Waals surface area contributed by atoms with E-state index in [-0.39, 0.29) is 6.61 Å². The van der Waals surface area contributed by atoms with Crippen molar-refractivity contribution in [2.45, 2.75) is 20.0 Å². The highest BCUT2D eigenvalue weighted by molar-refractivity contribution is 5.71. The lowest BCUT2D eigenvalue weighted by molar-refractivity contribution is 0.249. The van der Waals surface area contributed by atoms with Crippen LogP contribution in [0.1, 0.15) is 16.7 Å². The van der Waals surface area contributed by atoms with E-state index in [0.29, 0.717) is 6.54 Å². The number of rotatable bonds is 4. The first-order valence-electron chi connectivity index (χ1n) is 4.86. The summed E-state index contributed by atoms with van der Waals surface area (Å²) in [6, 6.07) is 5.35. The van der Waals surface area contributed by atoms with Crippen molar-refractivity contribution in [2.24, 2.45) is 5.73 Å². The van der Waals surface area contributed by atoms with Gasteiger partial charge in [-0.3, -0.25) is 0 Å². The first kappa shape index (κ1) is 11.5. The van der Waals surface area contributed by atoms with E-state index < -0.39 is 6.03 Å². The van der Waals surface area contributed by atoms with Crippen LogP contribution in [-0.4, -0.2) is 17.7 Å². The van der Waals surface area contributed by atoms with Gasteiger partial charge in [-0.25, -0.2) is 4.79 Å². The average molecular weight is 208 g/mol. The van der Waals surface area contributed by atoms with Crippen molar-refractivity contribution >= 4 is 6.03 Å². The maximum atomic E-state index is 10.4. The Bertz CT molecular complexity index is 350. The van der Waals surface area contributed by atoms with Crippen LogP contribution in [0.15, 0.2) is 18.2 Å². The fourth-order valence-electron chi connectivity index (χ4n) is 1.42. The monoisotopic (exact) mass is 208 g/mol. The highest BCUT2D eigenvalue weighted by Gasteiger charge is 1.99. The molecule has 15 heavy (non-hydrogen) atoms. The quantitative estimate of drug-likeness (QED) is 0.681. The van der Waals surface area contributed by atoms with Crippen LogP contribution in [0.25, 0.3) is 0 Å². The molecule has 0 radical (unpaired) electrons. The van der Waals surface area contributed by atoms with Gasteiger partial charge in [0.2, 0.25) is 0 Å². The molecule has 0 fully saturated rings. The molecule has 0 spiro atoms. The zero-order valence-electron chi connectivity index (χ0n) is 8.79.